The lowest BCUT2D eigenvalue weighted by Gasteiger charge is -2.21. The highest BCUT2D eigenvalue weighted by Gasteiger charge is 2.14. The van der Waals surface area contributed by atoms with Crippen LogP contribution in [0, 0.1) is 0 Å². The van der Waals surface area contributed by atoms with Gasteiger partial charge in [-0.1, -0.05) is 31.0 Å². The van der Waals surface area contributed by atoms with Gasteiger partial charge in [0.1, 0.15) is 0 Å². The molecule has 1 heterocycles. The fraction of sp³-hybridized carbons (Fsp3) is 0.647. The van der Waals surface area contributed by atoms with Crippen molar-refractivity contribution in [1.82, 2.24) is 10.6 Å². The molecule has 0 saturated carbocycles. The molecule has 0 radical (unpaired) electrons. The molecule has 112 valence electrons. The van der Waals surface area contributed by atoms with E-state index in [0.717, 1.165) is 18.3 Å². The van der Waals surface area contributed by atoms with Crippen molar-refractivity contribution in [3.8, 4) is 0 Å². The molecule has 0 aromatic heterocycles. The quantitative estimate of drug-likeness (QED) is 0.592. The van der Waals surface area contributed by atoms with Crippen LogP contribution in [0.5, 0.6) is 0 Å². The van der Waals surface area contributed by atoms with E-state index in [9.17, 15) is 0 Å². The SMILES string of the molecule is CC(CC1CCCCCN1)NCCSc1ccccc1. The Morgan fingerprint density at radius 3 is 2.95 bits per heavy atom. The lowest BCUT2D eigenvalue weighted by molar-refractivity contribution is 0.409. The Labute approximate surface area is 128 Å². The van der Waals surface area contributed by atoms with Gasteiger partial charge in [-0.05, 0) is 44.9 Å². The molecule has 1 saturated heterocycles. The lowest BCUT2D eigenvalue weighted by Crippen LogP contribution is -2.37. The van der Waals surface area contributed by atoms with Crippen LogP contribution in [0.1, 0.15) is 39.0 Å². The molecule has 1 aromatic rings. The fourth-order valence-corrected chi connectivity index (χ4v) is 3.61. The maximum Gasteiger partial charge on any atom is 0.0106 e. The van der Waals surface area contributed by atoms with E-state index < -0.39 is 0 Å². The minimum absolute atomic E-state index is 0.613. The number of hydrogen-bond donors (Lipinski definition) is 2. The van der Waals surface area contributed by atoms with Gasteiger partial charge in [-0.25, -0.2) is 0 Å². The predicted octanol–water partition coefficient (Wildman–Crippen LogP) is 3.68. The van der Waals surface area contributed by atoms with Gasteiger partial charge >= 0.3 is 0 Å². The zero-order valence-corrected chi connectivity index (χ0v) is 13.4. The summed E-state index contributed by atoms with van der Waals surface area (Å²) in [5.41, 5.74) is 0. The summed E-state index contributed by atoms with van der Waals surface area (Å²) >= 11 is 1.93. The van der Waals surface area contributed by atoms with Crippen molar-refractivity contribution in [2.24, 2.45) is 0 Å². The highest BCUT2D eigenvalue weighted by atomic mass is 32.2. The fourth-order valence-electron chi connectivity index (χ4n) is 2.80. The van der Waals surface area contributed by atoms with E-state index >= 15 is 0 Å². The monoisotopic (exact) mass is 292 g/mol. The largest absolute Gasteiger partial charge is 0.314 e. The van der Waals surface area contributed by atoms with Gasteiger partial charge in [-0.2, -0.15) is 0 Å². The molecule has 0 amide bonds. The van der Waals surface area contributed by atoms with Crippen molar-refractivity contribution in [3.05, 3.63) is 30.3 Å². The van der Waals surface area contributed by atoms with E-state index in [1.165, 1.54) is 43.5 Å². The third-order valence-corrected chi connectivity index (χ3v) is 4.92. The first-order chi connectivity index (χ1) is 9.84. The molecule has 0 bridgehead atoms. The summed E-state index contributed by atoms with van der Waals surface area (Å²) in [4.78, 5) is 1.37. The molecule has 2 nitrogen and oxygen atoms in total. The van der Waals surface area contributed by atoms with Crippen LogP contribution in [0.4, 0.5) is 0 Å². The van der Waals surface area contributed by atoms with Gasteiger partial charge in [0, 0.05) is 29.3 Å². The van der Waals surface area contributed by atoms with Crippen LogP contribution in [0.15, 0.2) is 35.2 Å². The molecule has 2 atom stereocenters. The van der Waals surface area contributed by atoms with E-state index in [1.54, 1.807) is 0 Å². The molecule has 2 rings (SSSR count). The normalized spacial score (nSPS) is 21.4. The van der Waals surface area contributed by atoms with Crippen LogP contribution < -0.4 is 10.6 Å². The summed E-state index contributed by atoms with van der Waals surface area (Å²) in [6, 6.07) is 12.0. The third kappa shape index (κ3) is 6.29. The zero-order chi connectivity index (χ0) is 14.0. The van der Waals surface area contributed by atoms with Crippen LogP contribution in [0.2, 0.25) is 0 Å². The Morgan fingerprint density at radius 1 is 1.25 bits per heavy atom. The van der Waals surface area contributed by atoms with Gasteiger partial charge < -0.3 is 10.6 Å². The van der Waals surface area contributed by atoms with E-state index in [2.05, 4.69) is 47.9 Å². The topological polar surface area (TPSA) is 24.1 Å². The average molecular weight is 292 g/mol. The van der Waals surface area contributed by atoms with E-state index in [-0.39, 0.29) is 0 Å². The molecule has 0 spiro atoms. The Morgan fingerprint density at radius 2 is 2.10 bits per heavy atom. The molecule has 20 heavy (non-hydrogen) atoms. The Kier molecular flexibility index (Phi) is 7.48. The van der Waals surface area contributed by atoms with E-state index in [1.807, 2.05) is 11.8 Å². The van der Waals surface area contributed by atoms with Crippen LogP contribution in [0.3, 0.4) is 0 Å². The van der Waals surface area contributed by atoms with Gasteiger partial charge in [-0.3, -0.25) is 0 Å². The minimum Gasteiger partial charge on any atom is -0.314 e. The van der Waals surface area contributed by atoms with Crippen molar-refractivity contribution < 1.29 is 0 Å². The summed E-state index contributed by atoms with van der Waals surface area (Å²) < 4.78 is 0. The highest BCUT2D eigenvalue weighted by molar-refractivity contribution is 7.99. The molecule has 3 heteroatoms. The lowest BCUT2D eigenvalue weighted by atomic mass is 10.0. The minimum atomic E-state index is 0.613. The maximum absolute atomic E-state index is 3.68. The van der Waals surface area contributed by atoms with Crippen molar-refractivity contribution in [1.29, 1.82) is 0 Å². The molecule has 2 N–H and O–H groups in total. The van der Waals surface area contributed by atoms with Crippen LogP contribution >= 0.6 is 11.8 Å². The third-order valence-electron chi connectivity index (χ3n) is 3.91. The van der Waals surface area contributed by atoms with Gasteiger partial charge in [0.2, 0.25) is 0 Å². The second-order valence-electron chi connectivity index (χ2n) is 5.75. The summed E-state index contributed by atoms with van der Waals surface area (Å²) in [6.07, 6.45) is 6.76. The second kappa shape index (κ2) is 9.43. The standard InChI is InChI=1S/C17H28N2S/c1-15(14-16-8-4-3-7-11-19-16)18-12-13-20-17-9-5-2-6-10-17/h2,5-6,9-10,15-16,18-19H,3-4,7-8,11-14H2,1H3. The second-order valence-corrected chi connectivity index (χ2v) is 6.92. The first-order valence-corrected chi connectivity index (χ1v) is 8.98. The van der Waals surface area contributed by atoms with E-state index in [4.69, 9.17) is 0 Å². The molecule has 0 aliphatic carbocycles. The Balaban J connectivity index is 1.56. The predicted molar refractivity (Wildman–Crippen MR) is 89.5 cm³/mol. The van der Waals surface area contributed by atoms with E-state index in [0.29, 0.717) is 6.04 Å². The first kappa shape index (κ1) is 15.9. The van der Waals surface area contributed by atoms with Crippen LogP contribution in [-0.4, -0.2) is 30.9 Å². The average Bonchev–Trinajstić information content (AvgIpc) is 2.73. The summed E-state index contributed by atoms with van der Waals surface area (Å²) in [5.74, 6) is 1.15. The van der Waals surface area contributed by atoms with Gasteiger partial charge in [0.05, 0.1) is 0 Å². The zero-order valence-electron chi connectivity index (χ0n) is 12.6. The Hall–Kier alpha value is -0.510. The molecule has 1 aliphatic heterocycles. The van der Waals surface area contributed by atoms with Crippen molar-refractivity contribution in [3.63, 3.8) is 0 Å². The maximum atomic E-state index is 3.68. The summed E-state index contributed by atoms with van der Waals surface area (Å²) in [5, 5.41) is 7.34. The number of thioether (sulfide) groups is 1. The smallest absolute Gasteiger partial charge is 0.0106 e. The first-order valence-electron chi connectivity index (χ1n) is 7.99. The van der Waals surface area contributed by atoms with Crippen molar-refractivity contribution in [2.75, 3.05) is 18.8 Å². The molecule has 1 aromatic carbocycles. The number of nitrogens with one attached hydrogen (secondary N) is 2. The summed E-state index contributed by atoms with van der Waals surface area (Å²) in [7, 11) is 0. The van der Waals surface area contributed by atoms with Crippen LogP contribution in [-0.2, 0) is 0 Å². The molecule has 1 aliphatic rings. The van der Waals surface area contributed by atoms with Crippen molar-refractivity contribution >= 4 is 11.8 Å². The highest BCUT2D eigenvalue weighted by Crippen LogP contribution is 2.16. The molecule has 2 unspecified atom stereocenters. The summed E-state index contributed by atoms with van der Waals surface area (Å²) in [6.45, 7) is 4.62. The van der Waals surface area contributed by atoms with Crippen LogP contribution in [0.25, 0.3) is 0 Å². The molecular formula is C17H28N2S. The van der Waals surface area contributed by atoms with Crippen molar-refractivity contribution in [2.45, 2.75) is 56.0 Å². The number of benzene rings is 1. The number of rotatable bonds is 7. The van der Waals surface area contributed by atoms with Gasteiger partial charge in [0.15, 0.2) is 0 Å². The number of hydrogen-bond acceptors (Lipinski definition) is 3. The van der Waals surface area contributed by atoms with Gasteiger partial charge in [-0.15, -0.1) is 11.8 Å². The van der Waals surface area contributed by atoms with Gasteiger partial charge in [0.25, 0.3) is 0 Å². The Bertz CT molecular complexity index is 347. The molecule has 1 fully saturated rings. The molecular weight excluding hydrogens is 264 g/mol.